The molecule has 0 radical (unpaired) electrons. The molecule has 98 valence electrons. The molecule has 0 fully saturated rings. The first kappa shape index (κ1) is 15.9. The van der Waals surface area contributed by atoms with Gasteiger partial charge in [0.1, 0.15) is 0 Å². The Hall–Kier alpha value is -1.10. The molecule has 0 aliphatic rings. The Kier molecular flexibility index (Phi) is 10.6. The first-order valence-corrected chi connectivity index (χ1v) is 7.80. The van der Waals surface area contributed by atoms with E-state index in [-0.39, 0.29) is 0 Å². The number of hydrogen-bond donors (Lipinski definition) is 0. The minimum absolute atomic E-state index is 0.403. The van der Waals surface area contributed by atoms with Gasteiger partial charge < -0.3 is 9.16 Å². The second-order valence-electron chi connectivity index (χ2n) is 3.73. The molecule has 0 aromatic carbocycles. The minimum Gasteiger partial charge on any atom is -0.522 e. The van der Waals surface area contributed by atoms with Gasteiger partial charge in [0, 0.05) is 12.2 Å². The predicted octanol–water partition coefficient (Wildman–Crippen LogP) is 1.73. The Labute approximate surface area is 105 Å². The van der Waals surface area contributed by atoms with Gasteiger partial charge in [-0.25, -0.2) is 9.59 Å². The van der Waals surface area contributed by atoms with Gasteiger partial charge in [-0.15, -0.1) is 0 Å². The zero-order valence-electron chi connectivity index (χ0n) is 10.7. The third-order valence-electron chi connectivity index (χ3n) is 2.09. The van der Waals surface area contributed by atoms with Crippen LogP contribution in [0.15, 0.2) is 12.2 Å². The molecule has 0 aliphatic heterocycles. The lowest BCUT2D eigenvalue weighted by Gasteiger charge is -2.01. The molecule has 0 saturated heterocycles. The molecule has 5 heteroatoms. The number of carbonyl (C=O) groups is 2. The molecule has 0 unspecified atom stereocenters. The van der Waals surface area contributed by atoms with E-state index >= 15 is 0 Å². The van der Waals surface area contributed by atoms with Gasteiger partial charge in [0.15, 0.2) is 0 Å². The SMILES string of the molecule is CCCCOC(=O)/C=C\C(=O)O[SiH2]CCCC. The van der Waals surface area contributed by atoms with Gasteiger partial charge in [-0.1, -0.05) is 33.1 Å². The first-order valence-electron chi connectivity index (χ1n) is 6.22. The summed E-state index contributed by atoms with van der Waals surface area (Å²) < 4.78 is 9.88. The maximum Gasteiger partial charge on any atom is 0.331 e. The number of hydrogen-bond acceptors (Lipinski definition) is 4. The highest BCUT2D eigenvalue weighted by Gasteiger charge is 2.00. The van der Waals surface area contributed by atoms with Crippen molar-refractivity contribution < 1.29 is 18.8 Å². The van der Waals surface area contributed by atoms with Gasteiger partial charge in [0.2, 0.25) is 9.76 Å². The topological polar surface area (TPSA) is 52.6 Å². The summed E-state index contributed by atoms with van der Waals surface area (Å²) in [5.41, 5.74) is 0. The summed E-state index contributed by atoms with van der Waals surface area (Å²) in [7, 11) is -0.765. The van der Waals surface area contributed by atoms with Crippen molar-refractivity contribution in [3.05, 3.63) is 12.2 Å². The number of ether oxygens (including phenoxy) is 1. The van der Waals surface area contributed by atoms with Crippen LogP contribution in [-0.4, -0.2) is 28.3 Å². The normalized spacial score (nSPS) is 11.2. The summed E-state index contributed by atoms with van der Waals surface area (Å²) >= 11 is 0. The summed E-state index contributed by atoms with van der Waals surface area (Å²) in [6.45, 7) is 4.52. The molecule has 0 N–H and O–H groups in total. The molecule has 0 aromatic heterocycles. The van der Waals surface area contributed by atoms with Crippen LogP contribution in [-0.2, 0) is 18.8 Å². The van der Waals surface area contributed by atoms with E-state index in [2.05, 4.69) is 6.92 Å². The maximum atomic E-state index is 11.2. The molecule has 0 saturated carbocycles. The molecule has 0 atom stereocenters. The van der Waals surface area contributed by atoms with E-state index < -0.39 is 21.7 Å². The molecule has 0 heterocycles. The average Bonchev–Trinajstić information content (AvgIpc) is 2.32. The van der Waals surface area contributed by atoms with Crippen LogP contribution in [0, 0.1) is 0 Å². The van der Waals surface area contributed by atoms with Crippen molar-refractivity contribution >= 4 is 21.7 Å². The number of carbonyl (C=O) groups excluding carboxylic acids is 2. The number of esters is 1. The molecule has 0 bridgehead atoms. The predicted molar refractivity (Wildman–Crippen MR) is 69.4 cm³/mol. The van der Waals surface area contributed by atoms with Crippen molar-refractivity contribution in [3.8, 4) is 0 Å². The third-order valence-corrected chi connectivity index (χ3v) is 3.37. The lowest BCUT2D eigenvalue weighted by atomic mass is 10.4. The minimum atomic E-state index is -0.765. The van der Waals surface area contributed by atoms with Crippen molar-refractivity contribution in [1.82, 2.24) is 0 Å². The Morgan fingerprint density at radius 3 is 2.35 bits per heavy atom. The fraction of sp³-hybridized carbons (Fsp3) is 0.667. The molecule has 0 rings (SSSR count). The van der Waals surface area contributed by atoms with E-state index in [1.807, 2.05) is 6.92 Å². The largest absolute Gasteiger partial charge is 0.522 e. The standard InChI is InChI=1S/C12H22O4Si/c1-3-5-9-15-11(13)7-8-12(14)16-17-10-6-4-2/h7-8H,3-6,9-10,17H2,1-2H3/b8-7-. The summed E-state index contributed by atoms with van der Waals surface area (Å²) in [5.74, 6) is -0.911. The first-order chi connectivity index (χ1) is 8.20. The van der Waals surface area contributed by atoms with E-state index in [1.165, 1.54) is 0 Å². The lowest BCUT2D eigenvalue weighted by molar-refractivity contribution is -0.138. The van der Waals surface area contributed by atoms with Crippen LogP contribution < -0.4 is 0 Å². The molecule has 0 spiro atoms. The molecular weight excluding hydrogens is 236 g/mol. The second kappa shape index (κ2) is 11.4. The molecule has 0 aliphatic carbocycles. The summed E-state index contributed by atoms with van der Waals surface area (Å²) in [6, 6.07) is 0.997. The van der Waals surface area contributed by atoms with E-state index in [0.717, 1.165) is 43.9 Å². The van der Waals surface area contributed by atoms with Crippen LogP contribution in [0.2, 0.25) is 6.04 Å². The Balaban J connectivity index is 3.60. The van der Waals surface area contributed by atoms with E-state index in [0.29, 0.717) is 6.61 Å². The van der Waals surface area contributed by atoms with Crippen LogP contribution in [0.3, 0.4) is 0 Å². The fourth-order valence-corrected chi connectivity index (χ4v) is 2.22. The van der Waals surface area contributed by atoms with Crippen LogP contribution in [0.5, 0.6) is 0 Å². The maximum absolute atomic E-state index is 11.2. The highest BCUT2D eigenvalue weighted by molar-refractivity contribution is 6.31. The Bertz CT molecular complexity index is 251. The lowest BCUT2D eigenvalue weighted by Crippen LogP contribution is -2.07. The molecule has 0 aromatic rings. The van der Waals surface area contributed by atoms with E-state index in [9.17, 15) is 9.59 Å². The van der Waals surface area contributed by atoms with Gasteiger partial charge >= 0.3 is 11.9 Å². The van der Waals surface area contributed by atoms with Crippen LogP contribution in [0.25, 0.3) is 0 Å². The second-order valence-corrected chi connectivity index (χ2v) is 5.13. The van der Waals surface area contributed by atoms with E-state index in [4.69, 9.17) is 9.16 Å². The van der Waals surface area contributed by atoms with Crippen molar-refractivity contribution in [1.29, 1.82) is 0 Å². The third kappa shape index (κ3) is 11.2. The molecular formula is C12H22O4Si. The quantitative estimate of drug-likeness (QED) is 0.273. The summed E-state index contributed by atoms with van der Waals surface area (Å²) in [5, 5.41) is 0. The molecule has 0 amide bonds. The average molecular weight is 258 g/mol. The fourth-order valence-electron chi connectivity index (χ4n) is 1.07. The zero-order valence-corrected chi connectivity index (χ0v) is 12.2. The van der Waals surface area contributed by atoms with Crippen LogP contribution in [0.1, 0.15) is 39.5 Å². The van der Waals surface area contributed by atoms with Gasteiger partial charge in [-0.05, 0) is 12.5 Å². The smallest absolute Gasteiger partial charge is 0.331 e. The monoisotopic (exact) mass is 258 g/mol. The van der Waals surface area contributed by atoms with Crippen LogP contribution >= 0.6 is 0 Å². The van der Waals surface area contributed by atoms with Gasteiger partial charge in [-0.3, -0.25) is 0 Å². The van der Waals surface area contributed by atoms with Gasteiger partial charge in [0.05, 0.1) is 6.61 Å². The van der Waals surface area contributed by atoms with Crippen molar-refractivity contribution in [2.45, 2.75) is 45.6 Å². The number of unbranched alkanes of at least 4 members (excludes halogenated alkanes) is 2. The Morgan fingerprint density at radius 1 is 1.06 bits per heavy atom. The molecule has 17 heavy (non-hydrogen) atoms. The van der Waals surface area contributed by atoms with Crippen molar-refractivity contribution in [3.63, 3.8) is 0 Å². The zero-order chi connectivity index (χ0) is 12.9. The highest BCUT2D eigenvalue weighted by atomic mass is 28.2. The van der Waals surface area contributed by atoms with Gasteiger partial charge in [-0.2, -0.15) is 0 Å². The van der Waals surface area contributed by atoms with Gasteiger partial charge in [0.25, 0.3) is 0 Å². The summed E-state index contributed by atoms with van der Waals surface area (Å²) in [6.07, 6.45) is 6.31. The highest BCUT2D eigenvalue weighted by Crippen LogP contribution is 1.95. The number of rotatable bonds is 9. The Morgan fingerprint density at radius 2 is 1.71 bits per heavy atom. The van der Waals surface area contributed by atoms with Crippen molar-refractivity contribution in [2.75, 3.05) is 6.61 Å². The summed E-state index contributed by atoms with van der Waals surface area (Å²) in [4.78, 5) is 22.3. The van der Waals surface area contributed by atoms with Crippen molar-refractivity contribution in [2.24, 2.45) is 0 Å². The van der Waals surface area contributed by atoms with E-state index in [1.54, 1.807) is 0 Å². The molecule has 4 nitrogen and oxygen atoms in total. The van der Waals surface area contributed by atoms with Crippen LogP contribution in [0.4, 0.5) is 0 Å².